The van der Waals surface area contributed by atoms with Crippen LogP contribution in [0.2, 0.25) is 10.0 Å². The predicted octanol–water partition coefficient (Wildman–Crippen LogP) is 4.32. The minimum Gasteiger partial charge on any atom is -0.352 e. The Labute approximate surface area is 168 Å². The number of halogens is 2. The van der Waals surface area contributed by atoms with Crippen molar-refractivity contribution in [3.8, 4) is 0 Å². The molecule has 142 valence electrons. The molecule has 0 saturated heterocycles. The topological polar surface area (TPSA) is 70.6 Å². The van der Waals surface area contributed by atoms with Crippen LogP contribution in [0, 0.1) is 0 Å². The van der Waals surface area contributed by atoms with E-state index in [2.05, 4.69) is 15.8 Å². The summed E-state index contributed by atoms with van der Waals surface area (Å²) >= 11 is 11.8. The summed E-state index contributed by atoms with van der Waals surface area (Å²) in [6.07, 6.45) is 3.41. The van der Waals surface area contributed by atoms with Crippen LogP contribution in [0.5, 0.6) is 0 Å². The van der Waals surface area contributed by atoms with Crippen molar-refractivity contribution < 1.29 is 9.59 Å². The van der Waals surface area contributed by atoms with E-state index in [1.54, 1.807) is 18.2 Å². The molecule has 0 spiro atoms. The van der Waals surface area contributed by atoms with E-state index >= 15 is 0 Å². The number of carbonyl (C=O) groups is 2. The number of hydrogen-bond donors (Lipinski definition) is 2. The van der Waals surface area contributed by atoms with E-state index < -0.39 is 0 Å². The number of benzene rings is 2. The SMILES string of the molecule is O=C(CCCCC(=O)N/N=C/c1ccc(Cl)cc1Cl)NCc1ccccc1. The Kier molecular flexibility index (Phi) is 8.81. The van der Waals surface area contributed by atoms with Crippen molar-refractivity contribution in [2.24, 2.45) is 5.10 Å². The monoisotopic (exact) mass is 405 g/mol. The van der Waals surface area contributed by atoms with Crippen LogP contribution in [0.15, 0.2) is 53.6 Å². The van der Waals surface area contributed by atoms with Crippen molar-refractivity contribution in [3.63, 3.8) is 0 Å². The molecule has 0 saturated carbocycles. The van der Waals surface area contributed by atoms with Gasteiger partial charge in [-0.1, -0.05) is 59.6 Å². The van der Waals surface area contributed by atoms with Crippen LogP contribution in [0.25, 0.3) is 0 Å². The third kappa shape index (κ3) is 8.24. The standard InChI is InChI=1S/C20H21Cl2N3O2/c21-17-11-10-16(18(22)12-17)14-24-25-20(27)9-5-4-8-19(26)23-13-15-6-2-1-3-7-15/h1-3,6-7,10-12,14H,4-5,8-9,13H2,(H,23,26)(H,25,27)/b24-14+. The Hall–Kier alpha value is -2.37. The molecule has 2 aromatic carbocycles. The summed E-state index contributed by atoms with van der Waals surface area (Å²) in [5.41, 5.74) is 4.17. The highest BCUT2D eigenvalue weighted by atomic mass is 35.5. The van der Waals surface area contributed by atoms with E-state index in [0.717, 1.165) is 5.56 Å². The van der Waals surface area contributed by atoms with Crippen molar-refractivity contribution in [1.29, 1.82) is 0 Å². The molecule has 2 aromatic rings. The third-order valence-corrected chi connectivity index (χ3v) is 4.31. The van der Waals surface area contributed by atoms with E-state index in [9.17, 15) is 9.59 Å². The molecule has 0 aromatic heterocycles. The summed E-state index contributed by atoms with van der Waals surface area (Å²) in [6, 6.07) is 14.7. The Morgan fingerprint density at radius 1 is 0.963 bits per heavy atom. The maximum Gasteiger partial charge on any atom is 0.240 e. The quantitative estimate of drug-likeness (QED) is 0.370. The van der Waals surface area contributed by atoms with Crippen LogP contribution < -0.4 is 10.7 Å². The molecule has 0 aliphatic rings. The third-order valence-electron chi connectivity index (χ3n) is 3.75. The fraction of sp³-hybridized carbons (Fsp3) is 0.250. The maximum atomic E-state index is 11.8. The molecule has 7 heteroatoms. The molecule has 0 atom stereocenters. The van der Waals surface area contributed by atoms with Gasteiger partial charge in [-0.3, -0.25) is 9.59 Å². The van der Waals surface area contributed by atoms with E-state index in [0.29, 0.717) is 47.8 Å². The maximum absolute atomic E-state index is 11.8. The Morgan fingerprint density at radius 3 is 2.37 bits per heavy atom. The van der Waals surface area contributed by atoms with Gasteiger partial charge in [0.15, 0.2) is 0 Å². The second-order valence-electron chi connectivity index (χ2n) is 5.93. The number of hydrazone groups is 1. The smallest absolute Gasteiger partial charge is 0.240 e. The first kappa shape index (κ1) is 20.9. The number of rotatable bonds is 9. The number of nitrogens with one attached hydrogen (secondary N) is 2. The first-order chi connectivity index (χ1) is 13.0. The fourth-order valence-corrected chi connectivity index (χ4v) is 2.75. The van der Waals surface area contributed by atoms with Gasteiger partial charge in [-0.2, -0.15) is 5.10 Å². The molecular weight excluding hydrogens is 385 g/mol. The second-order valence-corrected chi connectivity index (χ2v) is 6.77. The molecule has 5 nitrogen and oxygen atoms in total. The minimum atomic E-state index is -0.207. The Balaban J connectivity index is 1.59. The molecule has 0 unspecified atom stereocenters. The van der Waals surface area contributed by atoms with Gasteiger partial charge in [0.25, 0.3) is 0 Å². The lowest BCUT2D eigenvalue weighted by Crippen LogP contribution is -2.22. The molecule has 0 heterocycles. The zero-order valence-corrected chi connectivity index (χ0v) is 16.3. The van der Waals surface area contributed by atoms with Crippen LogP contribution in [-0.4, -0.2) is 18.0 Å². The van der Waals surface area contributed by atoms with Crippen molar-refractivity contribution >= 4 is 41.2 Å². The summed E-state index contributed by atoms with van der Waals surface area (Å²) in [5.74, 6) is -0.226. The van der Waals surface area contributed by atoms with Crippen LogP contribution in [0.4, 0.5) is 0 Å². The first-order valence-corrected chi connectivity index (χ1v) is 9.38. The van der Waals surface area contributed by atoms with Gasteiger partial charge >= 0.3 is 0 Å². The average Bonchev–Trinajstić information content (AvgIpc) is 2.66. The zero-order valence-electron chi connectivity index (χ0n) is 14.8. The van der Waals surface area contributed by atoms with Gasteiger partial charge in [-0.15, -0.1) is 0 Å². The lowest BCUT2D eigenvalue weighted by Gasteiger charge is -2.05. The number of amides is 2. The average molecular weight is 406 g/mol. The molecule has 0 aliphatic carbocycles. The zero-order chi connectivity index (χ0) is 19.5. The number of unbranched alkanes of at least 4 members (excludes halogenated alkanes) is 1. The molecule has 0 fully saturated rings. The van der Waals surface area contributed by atoms with Crippen LogP contribution >= 0.6 is 23.2 Å². The molecule has 27 heavy (non-hydrogen) atoms. The van der Waals surface area contributed by atoms with Crippen LogP contribution in [-0.2, 0) is 16.1 Å². The van der Waals surface area contributed by atoms with Gasteiger partial charge in [-0.05, 0) is 30.5 Å². The molecule has 0 radical (unpaired) electrons. The lowest BCUT2D eigenvalue weighted by molar-refractivity contribution is -0.123. The fourth-order valence-electron chi connectivity index (χ4n) is 2.29. The van der Waals surface area contributed by atoms with Crippen LogP contribution in [0.1, 0.15) is 36.8 Å². The van der Waals surface area contributed by atoms with Gasteiger partial charge in [0.05, 0.1) is 11.2 Å². The Bertz CT molecular complexity index is 795. The molecular formula is C20H21Cl2N3O2. The number of carbonyl (C=O) groups excluding carboxylic acids is 2. The molecule has 2 rings (SSSR count). The van der Waals surface area contributed by atoms with Crippen molar-refractivity contribution in [2.45, 2.75) is 32.2 Å². The minimum absolute atomic E-state index is 0.0188. The van der Waals surface area contributed by atoms with Crippen molar-refractivity contribution in [3.05, 3.63) is 69.7 Å². The Morgan fingerprint density at radius 2 is 1.67 bits per heavy atom. The van der Waals surface area contributed by atoms with E-state index in [4.69, 9.17) is 23.2 Å². The second kappa shape index (κ2) is 11.4. The number of nitrogens with zero attached hydrogens (tertiary/aromatic N) is 1. The summed E-state index contributed by atoms with van der Waals surface area (Å²) in [5, 5.41) is 7.74. The van der Waals surface area contributed by atoms with Gasteiger partial charge in [-0.25, -0.2) is 5.43 Å². The largest absolute Gasteiger partial charge is 0.352 e. The van der Waals surface area contributed by atoms with Crippen molar-refractivity contribution in [2.75, 3.05) is 0 Å². The highest BCUT2D eigenvalue weighted by molar-refractivity contribution is 6.36. The summed E-state index contributed by atoms with van der Waals surface area (Å²) in [4.78, 5) is 23.5. The highest BCUT2D eigenvalue weighted by Gasteiger charge is 2.04. The van der Waals surface area contributed by atoms with Gasteiger partial charge < -0.3 is 5.32 Å². The van der Waals surface area contributed by atoms with Crippen LogP contribution in [0.3, 0.4) is 0 Å². The predicted molar refractivity (Wildman–Crippen MR) is 109 cm³/mol. The van der Waals surface area contributed by atoms with Gasteiger partial charge in [0.2, 0.25) is 11.8 Å². The summed E-state index contributed by atoms with van der Waals surface area (Å²) < 4.78 is 0. The lowest BCUT2D eigenvalue weighted by atomic mass is 10.1. The molecule has 2 amide bonds. The first-order valence-electron chi connectivity index (χ1n) is 8.62. The summed E-state index contributed by atoms with van der Waals surface area (Å²) in [7, 11) is 0. The van der Waals surface area contributed by atoms with E-state index in [1.807, 2.05) is 30.3 Å². The van der Waals surface area contributed by atoms with E-state index in [1.165, 1.54) is 6.21 Å². The van der Waals surface area contributed by atoms with Gasteiger partial charge in [0.1, 0.15) is 0 Å². The van der Waals surface area contributed by atoms with E-state index in [-0.39, 0.29) is 11.8 Å². The molecule has 0 bridgehead atoms. The number of hydrogen-bond acceptors (Lipinski definition) is 3. The van der Waals surface area contributed by atoms with Gasteiger partial charge in [0, 0.05) is 30.0 Å². The normalized spacial score (nSPS) is 10.7. The highest BCUT2D eigenvalue weighted by Crippen LogP contribution is 2.19. The summed E-state index contributed by atoms with van der Waals surface area (Å²) in [6.45, 7) is 0.516. The molecule has 0 aliphatic heterocycles. The molecule has 2 N–H and O–H groups in total. The van der Waals surface area contributed by atoms with Crippen molar-refractivity contribution in [1.82, 2.24) is 10.7 Å².